The Balaban J connectivity index is 2.03. The summed E-state index contributed by atoms with van der Waals surface area (Å²) in [5, 5.41) is 3.28. The molecule has 1 unspecified atom stereocenters. The summed E-state index contributed by atoms with van der Waals surface area (Å²) in [5.74, 6) is 0.755. The summed E-state index contributed by atoms with van der Waals surface area (Å²) < 4.78 is 6.69. The minimum atomic E-state index is -0.477. The Morgan fingerprint density at radius 3 is 2.95 bits per heavy atom. The number of amides is 1. The number of rotatable bonds is 3. The molecular weight excluding hydrogens is 320 g/mol. The van der Waals surface area contributed by atoms with Gasteiger partial charge in [-0.05, 0) is 54.4 Å². The van der Waals surface area contributed by atoms with Crippen LogP contribution in [0.5, 0.6) is 5.75 Å². The number of ether oxygens (including phenoxy) is 1. The fraction of sp³-hybridized carbons (Fsp3) is 0.533. The van der Waals surface area contributed by atoms with Crippen LogP contribution in [-0.2, 0) is 4.79 Å². The molecule has 1 amide bonds. The Morgan fingerprint density at radius 1 is 1.55 bits per heavy atom. The van der Waals surface area contributed by atoms with E-state index in [0.717, 1.165) is 29.7 Å². The molecule has 1 fully saturated rings. The van der Waals surface area contributed by atoms with E-state index < -0.39 is 6.10 Å². The van der Waals surface area contributed by atoms with E-state index in [4.69, 9.17) is 4.74 Å². The zero-order chi connectivity index (χ0) is 14.7. The van der Waals surface area contributed by atoms with E-state index in [2.05, 4.69) is 28.2 Å². The number of piperazine rings is 1. The summed E-state index contributed by atoms with van der Waals surface area (Å²) in [6.07, 6.45) is -0.477. The molecule has 5 heteroatoms. The largest absolute Gasteiger partial charge is 0.480 e. The normalized spacial score (nSPS) is 20.6. The van der Waals surface area contributed by atoms with Gasteiger partial charge in [-0.2, -0.15) is 0 Å². The van der Waals surface area contributed by atoms with Crippen LogP contribution in [0.15, 0.2) is 22.7 Å². The molecule has 0 saturated carbocycles. The smallest absolute Gasteiger partial charge is 0.263 e. The standard InChI is InChI=1S/C15H21BrN2O2/c1-10-4-5-14(13(16)8-10)20-12(3)15(19)18-7-6-17-9-11(18)2/h4-5,8,11-12,17H,6-7,9H2,1-3H3/t11-,12?/m1/s1. The van der Waals surface area contributed by atoms with Crippen molar-refractivity contribution in [3.8, 4) is 5.75 Å². The third-order valence-corrected chi connectivity index (χ3v) is 4.14. The van der Waals surface area contributed by atoms with Crippen LogP contribution in [0.25, 0.3) is 0 Å². The molecule has 20 heavy (non-hydrogen) atoms. The summed E-state index contributed by atoms with van der Waals surface area (Å²) >= 11 is 3.47. The molecule has 2 atom stereocenters. The van der Waals surface area contributed by atoms with Crippen molar-refractivity contribution in [2.24, 2.45) is 0 Å². The summed E-state index contributed by atoms with van der Waals surface area (Å²) in [6, 6.07) is 6.07. The highest BCUT2D eigenvalue weighted by atomic mass is 79.9. The van der Waals surface area contributed by atoms with Crippen molar-refractivity contribution in [2.75, 3.05) is 19.6 Å². The maximum absolute atomic E-state index is 12.4. The van der Waals surface area contributed by atoms with Gasteiger partial charge in [0.15, 0.2) is 6.10 Å². The van der Waals surface area contributed by atoms with Gasteiger partial charge in [0.05, 0.1) is 4.47 Å². The first kappa shape index (κ1) is 15.3. The molecule has 0 spiro atoms. The zero-order valence-corrected chi connectivity index (χ0v) is 13.7. The fourth-order valence-electron chi connectivity index (χ4n) is 2.34. The van der Waals surface area contributed by atoms with Crippen molar-refractivity contribution in [2.45, 2.75) is 32.9 Å². The molecule has 1 saturated heterocycles. The van der Waals surface area contributed by atoms with Gasteiger partial charge in [0, 0.05) is 25.7 Å². The molecule has 1 aliphatic rings. The topological polar surface area (TPSA) is 41.6 Å². The first-order valence-corrected chi connectivity index (χ1v) is 7.72. The highest BCUT2D eigenvalue weighted by Crippen LogP contribution is 2.27. The van der Waals surface area contributed by atoms with Crippen LogP contribution in [0.2, 0.25) is 0 Å². The van der Waals surface area contributed by atoms with Crippen LogP contribution >= 0.6 is 15.9 Å². The molecular formula is C15H21BrN2O2. The van der Waals surface area contributed by atoms with Gasteiger partial charge in [-0.25, -0.2) is 0 Å². The molecule has 110 valence electrons. The van der Waals surface area contributed by atoms with Crippen molar-refractivity contribution in [1.82, 2.24) is 10.2 Å². The van der Waals surface area contributed by atoms with E-state index in [1.165, 1.54) is 0 Å². The Kier molecular flexibility index (Phi) is 5.05. The molecule has 0 aliphatic carbocycles. The molecule has 0 radical (unpaired) electrons. The molecule has 4 nitrogen and oxygen atoms in total. The number of nitrogens with zero attached hydrogens (tertiary/aromatic N) is 1. The Bertz CT molecular complexity index is 493. The predicted molar refractivity (Wildman–Crippen MR) is 83.0 cm³/mol. The van der Waals surface area contributed by atoms with Crippen LogP contribution in [0, 0.1) is 6.92 Å². The molecule has 0 bridgehead atoms. The second-order valence-corrected chi connectivity index (χ2v) is 6.13. The monoisotopic (exact) mass is 340 g/mol. The molecule has 2 rings (SSSR count). The highest BCUT2D eigenvalue weighted by molar-refractivity contribution is 9.10. The average molecular weight is 341 g/mol. The number of aryl methyl sites for hydroxylation is 1. The summed E-state index contributed by atoms with van der Waals surface area (Å²) in [5.41, 5.74) is 1.15. The van der Waals surface area contributed by atoms with Gasteiger partial charge in [0.25, 0.3) is 5.91 Å². The zero-order valence-electron chi connectivity index (χ0n) is 12.1. The number of hydrogen-bond donors (Lipinski definition) is 1. The minimum absolute atomic E-state index is 0.0477. The molecule has 1 aromatic rings. The first-order chi connectivity index (χ1) is 9.49. The van der Waals surface area contributed by atoms with Crippen LogP contribution in [-0.4, -0.2) is 42.6 Å². The number of carbonyl (C=O) groups is 1. The summed E-state index contributed by atoms with van der Waals surface area (Å²) in [7, 11) is 0. The van der Waals surface area contributed by atoms with E-state index >= 15 is 0 Å². The van der Waals surface area contributed by atoms with Gasteiger partial charge < -0.3 is 15.0 Å². The summed E-state index contributed by atoms with van der Waals surface area (Å²) in [4.78, 5) is 14.3. The maximum atomic E-state index is 12.4. The van der Waals surface area contributed by atoms with Gasteiger partial charge >= 0.3 is 0 Å². The van der Waals surface area contributed by atoms with E-state index in [9.17, 15) is 4.79 Å². The highest BCUT2D eigenvalue weighted by Gasteiger charge is 2.28. The quantitative estimate of drug-likeness (QED) is 0.918. The van der Waals surface area contributed by atoms with Gasteiger partial charge in [-0.1, -0.05) is 6.07 Å². The second-order valence-electron chi connectivity index (χ2n) is 5.28. The van der Waals surface area contributed by atoms with Crippen LogP contribution in [0.1, 0.15) is 19.4 Å². The third-order valence-electron chi connectivity index (χ3n) is 3.52. The second kappa shape index (κ2) is 6.59. The lowest BCUT2D eigenvalue weighted by Gasteiger charge is -2.35. The first-order valence-electron chi connectivity index (χ1n) is 6.93. The maximum Gasteiger partial charge on any atom is 0.263 e. The molecule has 1 N–H and O–H groups in total. The SMILES string of the molecule is Cc1ccc(OC(C)C(=O)N2CCNC[C@H]2C)c(Br)c1. The van der Waals surface area contributed by atoms with Crippen LogP contribution in [0.4, 0.5) is 0 Å². The molecule has 1 heterocycles. The third kappa shape index (κ3) is 3.52. The summed E-state index contributed by atoms with van der Waals surface area (Å²) in [6.45, 7) is 8.31. The average Bonchev–Trinajstić information content (AvgIpc) is 2.41. The van der Waals surface area contributed by atoms with Crippen LogP contribution < -0.4 is 10.1 Å². The van der Waals surface area contributed by atoms with E-state index in [0.29, 0.717) is 5.75 Å². The molecule has 1 aromatic carbocycles. The lowest BCUT2D eigenvalue weighted by Crippen LogP contribution is -2.55. The van der Waals surface area contributed by atoms with Gasteiger partial charge in [0.2, 0.25) is 0 Å². The number of benzene rings is 1. The Hall–Kier alpha value is -1.07. The fourth-order valence-corrected chi connectivity index (χ4v) is 2.93. The van der Waals surface area contributed by atoms with E-state index in [-0.39, 0.29) is 11.9 Å². The number of halogens is 1. The Labute approximate surface area is 128 Å². The van der Waals surface area contributed by atoms with Crippen molar-refractivity contribution < 1.29 is 9.53 Å². The number of hydrogen-bond acceptors (Lipinski definition) is 3. The molecule has 0 aromatic heterocycles. The van der Waals surface area contributed by atoms with Gasteiger partial charge in [-0.3, -0.25) is 4.79 Å². The minimum Gasteiger partial charge on any atom is -0.480 e. The van der Waals surface area contributed by atoms with Crippen molar-refractivity contribution in [3.63, 3.8) is 0 Å². The number of nitrogens with one attached hydrogen (secondary N) is 1. The van der Waals surface area contributed by atoms with Gasteiger partial charge in [-0.15, -0.1) is 0 Å². The van der Waals surface area contributed by atoms with Gasteiger partial charge in [0.1, 0.15) is 5.75 Å². The molecule has 1 aliphatic heterocycles. The Morgan fingerprint density at radius 2 is 2.30 bits per heavy atom. The van der Waals surface area contributed by atoms with Crippen LogP contribution in [0.3, 0.4) is 0 Å². The van der Waals surface area contributed by atoms with Crippen molar-refractivity contribution in [1.29, 1.82) is 0 Å². The van der Waals surface area contributed by atoms with Crippen molar-refractivity contribution >= 4 is 21.8 Å². The van der Waals surface area contributed by atoms with E-state index in [1.807, 2.05) is 36.9 Å². The lowest BCUT2D eigenvalue weighted by molar-refractivity contribution is -0.140. The predicted octanol–water partition coefficient (Wildman–Crippen LogP) is 2.35. The lowest BCUT2D eigenvalue weighted by atomic mass is 10.2. The van der Waals surface area contributed by atoms with Crippen molar-refractivity contribution in [3.05, 3.63) is 28.2 Å². The number of carbonyl (C=O) groups excluding carboxylic acids is 1. The van der Waals surface area contributed by atoms with E-state index in [1.54, 1.807) is 0 Å².